The van der Waals surface area contributed by atoms with E-state index < -0.39 is 0 Å². The van der Waals surface area contributed by atoms with E-state index in [1.165, 1.54) is 17.0 Å². The van der Waals surface area contributed by atoms with Crippen molar-refractivity contribution in [3.8, 4) is 0 Å². The Morgan fingerprint density at radius 2 is 1.93 bits per heavy atom. The highest BCUT2D eigenvalue weighted by molar-refractivity contribution is 5.17. The highest BCUT2D eigenvalue weighted by atomic mass is 15.3. The van der Waals surface area contributed by atoms with Crippen molar-refractivity contribution in [2.45, 2.75) is 26.8 Å². The molecule has 0 N–H and O–H groups in total. The molecule has 0 saturated carbocycles. The van der Waals surface area contributed by atoms with Gasteiger partial charge in [0.25, 0.3) is 0 Å². The molecule has 0 spiro atoms. The number of benzene rings is 1. The van der Waals surface area contributed by atoms with Gasteiger partial charge in [-0.15, -0.1) is 0 Å². The van der Waals surface area contributed by atoms with Gasteiger partial charge in [0.1, 0.15) is 0 Å². The molecule has 2 rings (SSSR count). The van der Waals surface area contributed by atoms with Crippen LogP contribution >= 0.6 is 0 Å². The van der Waals surface area contributed by atoms with Gasteiger partial charge in [0.2, 0.25) is 0 Å². The maximum absolute atomic E-state index is 4.54. The van der Waals surface area contributed by atoms with Crippen LogP contribution in [0.4, 0.5) is 0 Å². The predicted molar refractivity (Wildman–Crippen MR) is 61.9 cm³/mol. The number of nitrogens with zero attached hydrogens (tertiary/aromatic N) is 2. The average Bonchev–Trinajstić information content (AvgIpc) is 2.61. The third-order valence-electron chi connectivity index (χ3n) is 2.57. The Hall–Kier alpha value is -1.57. The van der Waals surface area contributed by atoms with E-state index in [4.69, 9.17) is 0 Å². The third-order valence-corrected chi connectivity index (χ3v) is 2.57. The zero-order chi connectivity index (χ0) is 10.7. The van der Waals surface area contributed by atoms with Crippen molar-refractivity contribution < 1.29 is 0 Å². The van der Waals surface area contributed by atoms with Crippen LogP contribution in [0.15, 0.2) is 36.4 Å². The number of aromatic nitrogens is 2. The molecule has 0 radical (unpaired) electrons. The first-order valence-electron chi connectivity index (χ1n) is 5.37. The van der Waals surface area contributed by atoms with Gasteiger partial charge in [0.05, 0.1) is 12.2 Å². The van der Waals surface area contributed by atoms with Crippen molar-refractivity contribution in [3.63, 3.8) is 0 Å². The summed E-state index contributed by atoms with van der Waals surface area (Å²) in [6.45, 7) is 5.11. The fourth-order valence-electron chi connectivity index (χ4n) is 1.67. The standard InChI is InChI=1S/C13H16N2/c1-3-13-9-11(2)15(14-13)10-12-7-5-4-6-8-12/h4-9H,3,10H2,1-2H3. The van der Waals surface area contributed by atoms with Crippen molar-refractivity contribution in [1.29, 1.82) is 0 Å². The molecule has 2 aromatic rings. The number of hydrogen-bond acceptors (Lipinski definition) is 1. The van der Waals surface area contributed by atoms with Gasteiger partial charge >= 0.3 is 0 Å². The Morgan fingerprint density at radius 3 is 2.53 bits per heavy atom. The Balaban J connectivity index is 2.21. The minimum Gasteiger partial charge on any atom is -0.265 e. The summed E-state index contributed by atoms with van der Waals surface area (Å²) >= 11 is 0. The van der Waals surface area contributed by atoms with Gasteiger partial charge in [0, 0.05) is 5.69 Å². The minimum atomic E-state index is 0.868. The zero-order valence-corrected chi connectivity index (χ0v) is 9.27. The van der Waals surface area contributed by atoms with Crippen LogP contribution in [0.25, 0.3) is 0 Å². The van der Waals surface area contributed by atoms with Gasteiger partial charge < -0.3 is 0 Å². The molecule has 2 nitrogen and oxygen atoms in total. The van der Waals surface area contributed by atoms with Crippen molar-refractivity contribution in [2.24, 2.45) is 0 Å². The Labute approximate surface area is 90.6 Å². The summed E-state index contributed by atoms with van der Waals surface area (Å²) in [7, 11) is 0. The number of aryl methyl sites for hydroxylation is 2. The van der Waals surface area contributed by atoms with E-state index in [1.807, 2.05) is 6.07 Å². The Kier molecular flexibility index (Phi) is 2.86. The largest absolute Gasteiger partial charge is 0.265 e. The van der Waals surface area contributed by atoms with Crippen molar-refractivity contribution in [1.82, 2.24) is 9.78 Å². The molecule has 0 aliphatic carbocycles. The van der Waals surface area contributed by atoms with Crippen LogP contribution in [0.3, 0.4) is 0 Å². The topological polar surface area (TPSA) is 17.8 Å². The van der Waals surface area contributed by atoms with Gasteiger partial charge in [-0.25, -0.2) is 0 Å². The second kappa shape index (κ2) is 4.30. The van der Waals surface area contributed by atoms with Crippen molar-refractivity contribution in [2.75, 3.05) is 0 Å². The number of rotatable bonds is 3. The first-order chi connectivity index (χ1) is 7.29. The highest BCUT2D eigenvalue weighted by Crippen LogP contribution is 2.07. The molecule has 0 bridgehead atoms. The second-order valence-electron chi connectivity index (χ2n) is 3.77. The summed E-state index contributed by atoms with van der Waals surface area (Å²) < 4.78 is 2.06. The van der Waals surface area contributed by atoms with Gasteiger partial charge in [-0.1, -0.05) is 37.3 Å². The molecule has 2 heteroatoms. The van der Waals surface area contributed by atoms with Gasteiger partial charge in [-0.05, 0) is 25.0 Å². The molecule has 1 heterocycles. The molecule has 1 aromatic carbocycles. The molecule has 0 unspecified atom stereocenters. The summed E-state index contributed by atoms with van der Waals surface area (Å²) in [5, 5.41) is 4.54. The van der Waals surface area contributed by atoms with E-state index in [9.17, 15) is 0 Å². The first-order valence-corrected chi connectivity index (χ1v) is 5.37. The number of hydrogen-bond donors (Lipinski definition) is 0. The fourth-order valence-corrected chi connectivity index (χ4v) is 1.67. The summed E-state index contributed by atoms with van der Waals surface area (Å²) in [6, 6.07) is 12.6. The lowest BCUT2D eigenvalue weighted by Gasteiger charge is -2.03. The van der Waals surface area contributed by atoms with Crippen LogP contribution in [0, 0.1) is 6.92 Å². The van der Waals surface area contributed by atoms with Crippen LogP contribution in [0.5, 0.6) is 0 Å². The van der Waals surface area contributed by atoms with E-state index in [0.717, 1.165) is 13.0 Å². The van der Waals surface area contributed by atoms with Crippen LogP contribution < -0.4 is 0 Å². The molecule has 1 aromatic heterocycles. The molecular formula is C13H16N2. The molecule has 78 valence electrons. The van der Waals surface area contributed by atoms with E-state index >= 15 is 0 Å². The summed E-state index contributed by atoms with van der Waals surface area (Å²) in [5.41, 5.74) is 3.70. The van der Waals surface area contributed by atoms with E-state index in [2.05, 4.69) is 54.0 Å². The Bertz CT molecular complexity index is 429. The molecule has 15 heavy (non-hydrogen) atoms. The quantitative estimate of drug-likeness (QED) is 0.745. The zero-order valence-electron chi connectivity index (χ0n) is 9.27. The fraction of sp³-hybridized carbons (Fsp3) is 0.308. The highest BCUT2D eigenvalue weighted by Gasteiger charge is 2.02. The summed E-state index contributed by atoms with van der Waals surface area (Å²) in [5.74, 6) is 0. The van der Waals surface area contributed by atoms with E-state index in [0.29, 0.717) is 0 Å². The lowest BCUT2D eigenvalue weighted by atomic mass is 10.2. The van der Waals surface area contributed by atoms with Gasteiger partial charge in [-0.2, -0.15) is 5.10 Å². The van der Waals surface area contributed by atoms with Gasteiger partial charge in [0.15, 0.2) is 0 Å². The monoisotopic (exact) mass is 200 g/mol. The van der Waals surface area contributed by atoms with Crippen LogP contribution in [0.2, 0.25) is 0 Å². The lowest BCUT2D eigenvalue weighted by molar-refractivity contribution is 0.654. The Morgan fingerprint density at radius 1 is 1.20 bits per heavy atom. The van der Waals surface area contributed by atoms with Gasteiger partial charge in [-0.3, -0.25) is 4.68 Å². The van der Waals surface area contributed by atoms with E-state index in [-0.39, 0.29) is 0 Å². The maximum atomic E-state index is 4.54. The van der Waals surface area contributed by atoms with Crippen molar-refractivity contribution in [3.05, 3.63) is 53.3 Å². The van der Waals surface area contributed by atoms with Crippen LogP contribution in [0.1, 0.15) is 23.9 Å². The van der Waals surface area contributed by atoms with E-state index in [1.54, 1.807) is 0 Å². The maximum Gasteiger partial charge on any atom is 0.0662 e. The normalized spacial score (nSPS) is 10.5. The third kappa shape index (κ3) is 2.27. The molecule has 0 aliphatic heterocycles. The molecule has 0 fully saturated rings. The predicted octanol–water partition coefficient (Wildman–Crippen LogP) is 2.80. The SMILES string of the molecule is CCc1cc(C)n(Cc2ccccc2)n1. The lowest BCUT2D eigenvalue weighted by Crippen LogP contribution is -2.03. The van der Waals surface area contributed by atoms with Crippen molar-refractivity contribution >= 4 is 0 Å². The minimum absolute atomic E-state index is 0.868. The second-order valence-corrected chi connectivity index (χ2v) is 3.77. The first kappa shape index (κ1) is 9.97. The molecule has 0 atom stereocenters. The molecule has 0 saturated heterocycles. The van der Waals surface area contributed by atoms with Crippen LogP contribution in [-0.4, -0.2) is 9.78 Å². The average molecular weight is 200 g/mol. The summed E-state index contributed by atoms with van der Waals surface area (Å²) in [4.78, 5) is 0. The summed E-state index contributed by atoms with van der Waals surface area (Å²) in [6.07, 6.45) is 1.00. The smallest absolute Gasteiger partial charge is 0.0662 e. The van der Waals surface area contributed by atoms with Crippen LogP contribution in [-0.2, 0) is 13.0 Å². The molecule has 0 aliphatic rings. The molecule has 0 amide bonds. The molecular weight excluding hydrogens is 184 g/mol.